The molecule has 0 spiro atoms. The molecule has 0 aromatic heterocycles. The van der Waals surface area contributed by atoms with Crippen LogP contribution in [0.4, 0.5) is 0 Å². The lowest BCUT2D eigenvalue weighted by Crippen LogP contribution is -2.31. The summed E-state index contributed by atoms with van der Waals surface area (Å²) in [6, 6.07) is 0. The van der Waals surface area contributed by atoms with Crippen molar-refractivity contribution in [2.24, 2.45) is 0 Å². The Balaban J connectivity index is 2.15. The molecule has 9 heavy (non-hydrogen) atoms. The summed E-state index contributed by atoms with van der Waals surface area (Å²) in [5.41, 5.74) is 0. The van der Waals surface area contributed by atoms with Crippen molar-refractivity contribution >= 4 is 7.32 Å². The molecule has 0 N–H and O–H groups in total. The summed E-state index contributed by atoms with van der Waals surface area (Å²) in [5, 5.41) is 0. The minimum Gasteiger partial charge on any atom is -0.519 e. The molecule has 0 aromatic rings. The van der Waals surface area contributed by atoms with Crippen LogP contribution in [0.1, 0.15) is 6.42 Å². The van der Waals surface area contributed by atoms with E-state index in [-0.39, 0.29) is 0 Å². The van der Waals surface area contributed by atoms with Gasteiger partial charge in [0.2, 0.25) is 0 Å². The minimum atomic E-state index is -0.517. The highest BCUT2D eigenvalue weighted by molar-refractivity contribution is 6.36. The Morgan fingerprint density at radius 3 is 2.67 bits per heavy atom. The predicted molar refractivity (Wildman–Crippen MR) is 33.6 cm³/mol. The van der Waals surface area contributed by atoms with Crippen LogP contribution in [0, 0.1) is 0 Å². The van der Waals surface area contributed by atoms with Crippen molar-refractivity contribution in [2.45, 2.75) is 6.42 Å². The highest BCUT2D eigenvalue weighted by Crippen LogP contribution is 2.01. The molecule has 1 fully saturated rings. The van der Waals surface area contributed by atoms with Crippen molar-refractivity contribution in [3.05, 3.63) is 12.8 Å². The van der Waals surface area contributed by atoms with Crippen LogP contribution < -0.4 is 0 Å². The van der Waals surface area contributed by atoms with Gasteiger partial charge in [0, 0.05) is 13.2 Å². The fraction of sp³-hybridized carbons (Fsp3) is 0.600. The van der Waals surface area contributed by atoms with Crippen LogP contribution in [0.25, 0.3) is 0 Å². The molecule has 3 nitrogen and oxygen atoms in total. The second kappa shape index (κ2) is 3.53. The zero-order valence-corrected chi connectivity index (χ0v) is 5.21. The van der Waals surface area contributed by atoms with Gasteiger partial charge >= 0.3 is 7.32 Å². The number of hydrogen-bond acceptors (Lipinski definition) is 3. The van der Waals surface area contributed by atoms with Crippen LogP contribution in [0.2, 0.25) is 0 Å². The van der Waals surface area contributed by atoms with Crippen LogP contribution in [-0.4, -0.2) is 20.5 Å². The highest BCUT2D eigenvalue weighted by atomic mass is 16.7. The molecule has 0 bridgehead atoms. The van der Waals surface area contributed by atoms with Crippen molar-refractivity contribution in [1.29, 1.82) is 0 Å². The van der Waals surface area contributed by atoms with E-state index in [1.807, 2.05) is 0 Å². The van der Waals surface area contributed by atoms with Gasteiger partial charge in [0.1, 0.15) is 0 Å². The van der Waals surface area contributed by atoms with E-state index >= 15 is 0 Å². The van der Waals surface area contributed by atoms with Crippen LogP contribution in [-0.2, 0) is 14.0 Å². The molecule has 0 aromatic carbocycles. The first-order chi connectivity index (χ1) is 4.43. The van der Waals surface area contributed by atoms with Crippen molar-refractivity contribution in [3.63, 3.8) is 0 Å². The lowest BCUT2D eigenvalue weighted by Gasteiger charge is -2.16. The molecule has 1 saturated heterocycles. The third-order valence-corrected chi connectivity index (χ3v) is 1.00. The average Bonchev–Trinajstić information content (AvgIpc) is 1.91. The van der Waals surface area contributed by atoms with Gasteiger partial charge in [-0.1, -0.05) is 6.58 Å². The Kier molecular flexibility index (Phi) is 2.61. The molecule has 4 heteroatoms. The average molecular weight is 128 g/mol. The van der Waals surface area contributed by atoms with Gasteiger partial charge in [-0.25, -0.2) is 0 Å². The lowest BCUT2D eigenvalue weighted by atomic mass is 10.2. The molecule has 0 aliphatic carbocycles. The molecule has 1 heterocycles. The molecule has 1 aliphatic rings. The standard InChI is InChI=1S/C5H9BO3/c1-2-7-6-8-4-3-5-9-6/h2H,1,3-5H2. The maximum atomic E-state index is 5.00. The molecular formula is C5H9BO3. The summed E-state index contributed by atoms with van der Waals surface area (Å²) in [4.78, 5) is 0. The van der Waals surface area contributed by atoms with Crippen molar-refractivity contribution in [2.75, 3.05) is 13.2 Å². The van der Waals surface area contributed by atoms with Gasteiger partial charge < -0.3 is 14.0 Å². The zero-order valence-electron chi connectivity index (χ0n) is 5.21. The molecule has 0 saturated carbocycles. The van der Waals surface area contributed by atoms with Crippen LogP contribution in [0.3, 0.4) is 0 Å². The fourth-order valence-corrected chi connectivity index (χ4v) is 0.623. The highest BCUT2D eigenvalue weighted by Gasteiger charge is 2.24. The third kappa shape index (κ3) is 2.07. The van der Waals surface area contributed by atoms with Gasteiger partial charge in [0.15, 0.2) is 0 Å². The van der Waals surface area contributed by atoms with Crippen molar-refractivity contribution in [3.8, 4) is 0 Å². The van der Waals surface area contributed by atoms with E-state index in [2.05, 4.69) is 6.58 Å². The van der Waals surface area contributed by atoms with Crippen LogP contribution >= 0.6 is 0 Å². The van der Waals surface area contributed by atoms with Gasteiger partial charge in [-0.3, -0.25) is 0 Å². The normalized spacial score (nSPS) is 19.3. The molecular weight excluding hydrogens is 119 g/mol. The molecule has 1 aliphatic heterocycles. The van der Waals surface area contributed by atoms with E-state index in [1.165, 1.54) is 6.26 Å². The van der Waals surface area contributed by atoms with Crippen molar-refractivity contribution in [1.82, 2.24) is 0 Å². The maximum Gasteiger partial charge on any atom is 0.712 e. The van der Waals surface area contributed by atoms with E-state index in [9.17, 15) is 0 Å². The summed E-state index contributed by atoms with van der Waals surface area (Å²) in [7, 11) is -0.517. The Morgan fingerprint density at radius 1 is 1.44 bits per heavy atom. The quantitative estimate of drug-likeness (QED) is 0.401. The van der Waals surface area contributed by atoms with Gasteiger partial charge in [0.05, 0.1) is 6.26 Å². The van der Waals surface area contributed by atoms with E-state index in [0.29, 0.717) is 13.2 Å². The van der Waals surface area contributed by atoms with E-state index in [4.69, 9.17) is 14.0 Å². The number of hydrogen-bond donors (Lipinski definition) is 0. The Hall–Kier alpha value is -0.475. The summed E-state index contributed by atoms with van der Waals surface area (Å²) < 4.78 is 14.8. The monoisotopic (exact) mass is 128 g/mol. The molecule has 0 unspecified atom stereocenters. The maximum absolute atomic E-state index is 5.00. The lowest BCUT2D eigenvalue weighted by molar-refractivity contribution is 0.0772. The molecule has 0 amide bonds. The van der Waals surface area contributed by atoms with Crippen LogP contribution in [0.5, 0.6) is 0 Å². The first-order valence-electron chi connectivity index (χ1n) is 2.93. The second-order valence-electron chi connectivity index (χ2n) is 1.69. The van der Waals surface area contributed by atoms with Gasteiger partial charge in [-0.05, 0) is 6.42 Å². The second-order valence-corrected chi connectivity index (χ2v) is 1.69. The zero-order chi connectivity index (χ0) is 6.53. The minimum absolute atomic E-state index is 0.517. The van der Waals surface area contributed by atoms with E-state index in [1.54, 1.807) is 0 Å². The first-order valence-corrected chi connectivity index (χ1v) is 2.93. The van der Waals surface area contributed by atoms with E-state index < -0.39 is 7.32 Å². The molecule has 0 radical (unpaired) electrons. The smallest absolute Gasteiger partial charge is 0.519 e. The Bertz CT molecular complexity index is 90.2. The molecule has 0 atom stereocenters. The van der Waals surface area contributed by atoms with Gasteiger partial charge in [-0.2, -0.15) is 0 Å². The number of rotatable bonds is 2. The molecule has 50 valence electrons. The topological polar surface area (TPSA) is 27.7 Å². The van der Waals surface area contributed by atoms with Gasteiger partial charge in [0.25, 0.3) is 0 Å². The third-order valence-electron chi connectivity index (χ3n) is 1.00. The van der Waals surface area contributed by atoms with Crippen LogP contribution in [0.15, 0.2) is 12.8 Å². The Morgan fingerprint density at radius 2 is 2.11 bits per heavy atom. The Labute approximate surface area is 54.8 Å². The summed E-state index contributed by atoms with van der Waals surface area (Å²) in [5.74, 6) is 0. The first kappa shape index (κ1) is 6.64. The van der Waals surface area contributed by atoms with Gasteiger partial charge in [-0.15, -0.1) is 0 Å². The van der Waals surface area contributed by atoms with E-state index in [0.717, 1.165) is 6.42 Å². The van der Waals surface area contributed by atoms with Crippen molar-refractivity contribution < 1.29 is 14.0 Å². The SMILES string of the molecule is C=COB1OCCCO1. The summed E-state index contributed by atoms with van der Waals surface area (Å²) in [6.07, 6.45) is 2.26. The predicted octanol–water partition coefficient (Wildman–Crippen LogP) is 0.568. The summed E-state index contributed by atoms with van der Waals surface area (Å²) >= 11 is 0. The summed E-state index contributed by atoms with van der Waals surface area (Å²) in [6.45, 7) is 4.79. The fourth-order valence-electron chi connectivity index (χ4n) is 0.623. The largest absolute Gasteiger partial charge is 0.712 e. The molecule has 1 rings (SSSR count).